The van der Waals surface area contributed by atoms with Crippen molar-refractivity contribution in [3.8, 4) is 11.4 Å². The normalized spacial score (nSPS) is 10.8. The van der Waals surface area contributed by atoms with Gasteiger partial charge in [-0.05, 0) is 13.3 Å². The fourth-order valence-electron chi connectivity index (χ4n) is 1.88. The maximum Gasteiger partial charge on any atom is 0.236 e. The van der Waals surface area contributed by atoms with Crippen LogP contribution in [0.25, 0.3) is 11.4 Å². The van der Waals surface area contributed by atoms with E-state index in [9.17, 15) is 4.79 Å². The van der Waals surface area contributed by atoms with Crippen molar-refractivity contribution < 1.29 is 4.79 Å². The van der Waals surface area contributed by atoms with Crippen LogP contribution in [0.2, 0.25) is 0 Å². The summed E-state index contributed by atoms with van der Waals surface area (Å²) < 4.78 is 0. The lowest BCUT2D eigenvalue weighted by Gasteiger charge is -1.98. The number of amides is 1. The van der Waals surface area contributed by atoms with E-state index in [0.29, 0.717) is 16.1 Å². The molecule has 0 aliphatic rings. The van der Waals surface area contributed by atoms with Crippen molar-refractivity contribution >= 4 is 34.1 Å². The first-order chi connectivity index (χ1) is 11.6. The summed E-state index contributed by atoms with van der Waals surface area (Å²) in [5.74, 6) is 0.752. The molecule has 0 radical (unpaired) electrons. The third kappa shape index (κ3) is 4.18. The minimum Gasteiger partial charge on any atom is -0.300 e. The van der Waals surface area contributed by atoms with Crippen molar-refractivity contribution in [3.05, 3.63) is 34.8 Å². The Labute approximate surface area is 147 Å². The Balaban J connectivity index is 1.55. The molecule has 0 saturated heterocycles. The predicted molar refractivity (Wildman–Crippen MR) is 95.2 cm³/mol. The Kier molecular flexibility index (Phi) is 5.21. The quantitative estimate of drug-likeness (QED) is 0.656. The van der Waals surface area contributed by atoms with Crippen LogP contribution >= 0.6 is 23.1 Å². The van der Waals surface area contributed by atoms with Crippen LogP contribution in [0.15, 0.2) is 29.4 Å². The molecule has 1 aromatic carbocycles. The number of benzene rings is 1. The SMILES string of the molecule is CCc1nnc(NC(=O)CSc2n[nH]c(-c3ccc(C)cc3)n2)s1. The van der Waals surface area contributed by atoms with Crippen molar-refractivity contribution in [2.24, 2.45) is 0 Å². The molecule has 0 fully saturated rings. The number of nitrogens with one attached hydrogen (secondary N) is 2. The van der Waals surface area contributed by atoms with Crippen molar-refractivity contribution in [3.63, 3.8) is 0 Å². The Morgan fingerprint density at radius 2 is 2.08 bits per heavy atom. The first kappa shape index (κ1) is 16.6. The number of thioether (sulfide) groups is 1. The van der Waals surface area contributed by atoms with Crippen molar-refractivity contribution in [2.75, 3.05) is 11.1 Å². The molecule has 1 amide bonds. The first-order valence-corrected chi connectivity index (χ1v) is 9.18. The summed E-state index contributed by atoms with van der Waals surface area (Å²) in [7, 11) is 0. The van der Waals surface area contributed by atoms with E-state index in [0.717, 1.165) is 17.0 Å². The number of hydrogen-bond donors (Lipinski definition) is 2. The van der Waals surface area contributed by atoms with E-state index in [2.05, 4.69) is 30.7 Å². The van der Waals surface area contributed by atoms with Gasteiger partial charge in [-0.1, -0.05) is 59.9 Å². The Bertz CT molecular complexity index is 827. The van der Waals surface area contributed by atoms with E-state index < -0.39 is 0 Å². The topological polar surface area (TPSA) is 96.5 Å². The third-order valence-corrected chi connectivity index (χ3v) is 4.97. The van der Waals surface area contributed by atoms with E-state index in [-0.39, 0.29) is 11.7 Å². The number of carbonyl (C=O) groups excluding carboxylic acids is 1. The molecule has 0 bridgehead atoms. The molecule has 0 spiro atoms. The molecule has 0 atom stereocenters. The highest BCUT2D eigenvalue weighted by atomic mass is 32.2. The van der Waals surface area contributed by atoms with E-state index >= 15 is 0 Å². The van der Waals surface area contributed by atoms with Crippen LogP contribution in [0.4, 0.5) is 5.13 Å². The van der Waals surface area contributed by atoms with Gasteiger partial charge in [-0.25, -0.2) is 4.98 Å². The van der Waals surface area contributed by atoms with Gasteiger partial charge in [-0.2, -0.15) is 0 Å². The smallest absolute Gasteiger partial charge is 0.236 e. The number of aromatic nitrogens is 5. The second-order valence-electron chi connectivity index (χ2n) is 5.02. The van der Waals surface area contributed by atoms with Crippen LogP contribution in [-0.2, 0) is 11.2 Å². The second-order valence-corrected chi connectivity index (χ2v) is 7.03. The van der Waals surface area contributed by atoms with Crippen LogP contribution in [-0.4, -0.2) is 37.0 Å². The highest BCUT2D eigenvalue weighted by molar-refractivity contribution is 7.99. The van der Waals surface area contributed by atoms with Crippen LogP contribution < -0.4 is 5.32 Å². The van der Waals surface area contributed by atoms with Gasteiger partial charge < -0.3 is 0 Å². The molecular formula is C15H16N6OS2. The lowest BCUT2D eigenvalue weighted by molar-refractivity contribution is -0.113. The summed E-state index contributed by atoms with van der Waals surface area (Å²) in [6.45, 7) is 4.03. The fraction of sp³-hybridized carbons (Fsp3) is 0.267. The standard InChI is InChI=1S/C15H16N6OS2/c1-3-12-18-21-15(24-12)16-11(22)8-23-14-17-13(19-20-14)10-6-4-9(2)5-7-10/h4-7H,3,8H2,1-2H3,(H,16,21,22)(H,17,19,20). The number of rotatable bonds is 6. The fourth-order valence-corrected chi connectivity index (χ4v) is 3.18. The van der Waals surface area contributed by atoms with E-state index in [1.807, 2.05) is 38.1 Å². The zero-order valence-corrected chi connectivity index (χ0v) is 14.9. The average Bonchev–Trinajstić information content (AvgIpc) is 3.23. The molecule has 0 saturated carbocycles. The van der Waals surface area contributed by atoms with E-state index in [1.54, 1.807) is 0 Å². The Hall–Kier alpha value is -2.26. The molecule has 124 valence electrons. The monoisotopic (exact) mass is 360 g/mol. The van der Waals surface area contributed by atoms with E-state index in [1.165, 1.54) is 28.7 Å². The summed E-state index contributed by atoms with van der Waals surface area (Å²) >= 11 is 2.65. The summed E-state index contributed by atoms with van der Waals surface area (Å²) in [5, 5.41) is 19.6. The molecule has 0 aliphatic carbocycles. The number of aromatic amines is 1. The van der Waals surface area contributed by atoms with Gasteiger partial charge in [0, 0.05) is 5.56 Å². The average molecular weight is 360 g/mol. The van der Waals surface area contributed by atoms with Crippen LogP contribution in [0.5, 0.6) is 0 Å². The molecule has 2 N–H and O–H groups in total. The molecule has 7 nitrogen and oxygen atoms in total. The van der Waals surface area contributed by atoms with Gasteiger partial charge >= 0.3 is 0 Å². The number of nitrogens with zero attached hydrogens (tertiary/aromatic N) is 4. The summed E-state index contributed by atoms with van der Waals surface area (Å²) in [4.78, 5) is 16.3. The zero-order valence-electron chi connectivity index (χ0n) is 13.2. The molecule has 0 aliphatic heterocycles. The maximum atomic E-state index is 11.9. The Morgan fingerprint density at radius 3 is 2.79 bits per heavy atom. The molecule has 2 aromatic heterocycles. The maximum absolute atomic E-state index is 11.9. The summed E-state index contributed by atoms with van der Waals surface area (Å²) in [6, 6.07) is 8.00. The number of anilines is 1. The largest absolute Gasteiger partial charge is 0.300 e. The molecule has 3 rings (SSSR count). The lowest BCUT2D eigenvalue weighted by atomic mass is 10.1. The van der Waals surface area contributed by atoms with Gasteiger partial charge in [0.25, 0.3) is 0 Å². The van der Waals surface area contributed by atoms with Crippen molar-refractivity contribution in [2.45, 2.75) is 25.4 Å². The minimum atomic E-state index is -0.152. The van der Waals surface area contributed by atoms with Crippen molar-refractivity contribution in [1.29, 1.82) is 0 Å². The first-order valence-electron chi connectivity index (χ1n) is 7.38. The minimum absolute atomic E-state index is 0.152. The van der Waals surface area contributed by atoms with Gasteiger partial charge in [0.15, 0.2) is 5.82 Å². The number of H-pyrrole nitrogens is 1. The molecule has 24 heavy (non-hydrogen) atoms. The number of carbonyl (C=O) groups is 1. The van der Waals surface area contributed by atoms with Gasteiger partial charge in [0.05, 0.1) is 5.75 Å². The second kappa shape index (κ2) is 7.54. The van der Waals surface area contributed by atoms with Crippen LogP contribution in [0.3, 0.4) is 0 Å². The summed E-state index contributed by atoms with van der Waals surface area (Å²) in [5.41, 5.74) is 2.15. The van der Waals surface area contributed by atoms with Gasteiger partial charge in [-0.3, -0.25) is 15.2 Å². The predicted octanol–water partition coefficient (Wildman–Crippen LogP) is 2.92. The highest BCUT2D eigenvalue weighted by Gasteiger charge is 2.11. The third-order valence-electron chi connectivity index (χ3n) is 3.14. The van der Waals surface area contributed by atoms with Crippen LogP contribution in [0, 0.1) is 6.92 Å². The van der Waals surface area contributed by atoms with E-state index in [4.69, 9.17) is 0 Å². The summed E-state index contributed by atoms with van der Waals surface area (Å²) in [6.07, 6.45) is 0.807. The zero-order chi connectivity index (χ0) is 16.9. The molecule has 2 heterocycles. The Morgan fingerprint density at radius 1 is 1.29 bits per heavy atom. The molecule has 3 aromatic rings. The number of hydrogen-bond acceptors (Lipinski definition) is 7. The van der Waals surface area contributed by atoms with Crippen LogP contribution in [0.1, 0.15) is 17.5 Å². The highest BCUT2D eigenvalue weighted by Crippen LogP contribution is 2.20. The van der Waals surface area contributed by atoms with Crippen molar-refractivity contribution in [1.82, 2.24) is 25.4 Å². The molecule has 0 unspecified atom stereocenters. The van der Waals surface area contributed by atoms with Gasteiger partial charge in [0.1, 0.15) is 5.01 Å². The molecular weight excluding hydrogens is 344 g/mol. The van der Waals surface area contributed by atoms with Gasteiger partial charge in [0.2, 0.25) is 16.2 Å². The lowest BCUT2D eigenvalue weighted by Crippen LogP contribution is -2.13. The molecule has 9 heteroatoms. The van der Waals surface area contributed by atoms with Gasteiger partial charge in [-0.15, -0.1) is 15.3 Å². The number of aryl methyl sites for hydroxylation is 2.